The lowest BCUT2D eigenvalue weighted by Gasteiger charge is -2.07. The standard InChI is InChI=1S/C12H9BrClFN2O2S/c1-6(14)4-17-10-3-8(15)7(13)2-9(10)16-12(17)20-5-11(18)19/h2-3H,1,4-5H2,(H,18,19). The highest BCUT2D eigenvalue weighted by Crippen LogP contribution is 2.29. The van der Waals surface area contributed by atoms with Gasteiger partial charge in [0.1, 0.15) is 5.82 Å². The van der Waals surface area contributed by atoms with E-state index in [1.165, 1.54) is 6.07 Å². The van der Waals surface area contributed by atoms with Crippen molar-refractivity contribution in [1.29, 1.82) is 0 Å². The van der Waals surface area contributed by atoms with Gasteiger partial charge in [-0.1, -0.05) is 29.9 Å². The first-order valence-electron chi connectivity index (χ1n) is 5.41. The SMILES string of the molecule is C=C(Cl)Cn1c(SCC(=O)O)nc2cc(Br)c(F)cc21. The van der Waals surface area contributed by atoms with Crippen LogP contribution in [0.5, 0.6) is 0 Å². The van der Waals surface area contributed by atoms with Crippen molar-refractivity contribution < 1.29 is 14.3 Å². The summed E-state index contributed by atoms with van der Waals surface area (Å²) in [6.07, 6.45) is 0. The minimum atomic E-state index is -0.953. The molecule has 0 saturated carbocycles. The zero-order valence-electron chi connectivity index (χ0n) is 10.1. The number of hydrogen-bond donors (Lipinski definition) is 1. The summed E-state index contributed by atoms with van der Waals surface area (Å²) in [5, 5.41) is 9.55. The molecule has 2 aromatic rings. The molecule has 0 radical (unpaired) electrons. The lowest BCUT2D eigenvalue weighted by Crippen LogP contribution is -2.03. The molecule has 1 N–H and O–H groups in total. The van der Waals surface area contributed by atoms with Gasteiger partial charge in [0, 0.05) is 11.1 Å². The van der Waals surface area contributed by atoms with Gasteiger partial charge in [0.05, 0.1) is 27.8 Å². The summed E-state index contributed by atoms with van der Waals surface area (Å²) in [4.78, 5) is 15.0. The fourth-order valence-corrected chi connectivity index (χ4v) is 2.84. The molecule has 8 heteroatoms. The van der Waals surface area contributed by atoms with E-state index in [2.05, 4.69) is 27.5 Å². The Kier molecular flexibility index (Phi) is 4.72. The fourth-order valence-electron chi connectivity index (χ4n) is 1.66. The Bertz CT molecular complexity index is 704. The molecule has 0 unspecified atom stereocenters. The Hall–Kier alpha value is -1.05. The van der Waals surface area contributed by atoms with Crippen molar-refractivity contribution in [2.24, 2.45) is 0 Å². The highest BCUT2D eigenvalue weighted by molar-refractivity contribution is 9.10. The molecule has 0 fully saturated rings. The van der Waals surface area contributed by atoms with Gasteiger partial charge in [-0.05, 0) is 22.0 Å². The van der Waals surface area contributed by atoms with E-state index >= 15 is 0 Å². The number of benzene rings is 1. The van der Waals surface area contributed by atoms with E-state index in [1.807, 2.05) is 0 Å². The van der Waals surface area contributed by atoms with Gasteiger partial charge < -0.3 is 9.67 Å². The predicted octanol–water partition coefficient (Wildman–Crippen LogP) is 3.87. The number of hydrogen-bond acceptors (Lipinski definition) is 3. The maximum Gasteiger partial charge on any atom is 0.313 e. The third kappa shape index (κ3) is 3.34. The topological polar surface area (TPSA) is 55.1 Å². The number of aliphatic carboxylic acids is 1. The quantitative estimate of drug-likeness (QED) is 0.801. The van der Waals surface area contributed by atoms with Gasteiger partial charge in [0.2, 0.25) is 0 Å². The molecular formula is C12H9BrClFN2O2S. The van der Waals surface area contributed by atoms with Crippen molar-refractivity contribution in [2.45, 2.75) is 11.7 Å². The van der Waals surface area contributed by atoms with E-state index < -0.39 is 11.8 Å². The number of imidazole rings is 1. The molecule has 20 heavy (non-hydrogen) atoms. The molecule has 1 aromatic heterocycles. The Morgan fingerprint density at radius 3 is 2.90 bits per heavy atom. The molecule has 2 rings (SSSR count). The Morgan fingerprint density at radius 1 is 1.60 bits per heavy atom. The van der Waals surface area contributed by atoms with Crippen molar-refractivity contribution in [3.8, 4) is 0 Å². The lowest BCUT2D eigenvalue weighted by atomic mass is 10.3. The molecule has 0 spiro atoms. The average molecular weight is 380 g/mol. The number of fused-ring (bicyclic) bond motifs is 1. The second kappa shape index (κ2) is 6.15. The summed E-state index contributed by atoms with van der Waals surface area (Å²) in [7, 11) is 0. The van der Waals surface area contributed by atoms with Crippen LogP contribution in [0.3, 0.4) is 0 Å². The van der Waals surface area contributed by atoms with Crippen LogP contribution >= 0.6 is 39.3 Å². The molecule has 1 heterocycles. The molecule has 0 bridgehead atoms. The summed E-state index contributed by atoms with van der Waals surface area (Å²) >= 11 is 9.95. The van der Waals surface area contributed by atoms with Gasteiger partial charge in [0.25, 0.3) is 0 Å². The van der Waals surface area contributed by atoms with Crippen LogP contribution in [0.15, 0.2) is 33.4 Å². The van der Waals surface area contributed by atoms with Crippen molar-refractivity contribution in [1.82, 2.24) is 9.55 Å². The van der Waals surface area contributed by atoms with Gasteiger partial charge in [0.15, 0.2) is 5.16 Å². The first-order chi connectivity index (χ1) is 9.38. The van der Waals surface area contributed by atoms with Crippen LogP contribution in [0, 0.1) is 5.82 Å². The predicted molar refractivity (Wildman–Crippen MR) is 80.7 cm³/mol. The molecule has 0 aliphatic heterocycles. The number of carboxylic acids is 1. The molecule has 1 aromatic carbocycles. The van der Waals surface area contributed by atoms with Gasteiger partial charge in [-0.3, -0.25) is 4.79 Å². The third-order valence-corrected chi connectivity index (χ3v) is 4.10. The first kappa shape index (κ1) is 15.3. The van der Waals surface area contributed by atoms with E-state index in [-0.39, 0.29) is 12.3 Å². The largest absolute Gasteiger partial charge is 0.481 e. The number of rotatable bonds is 5. The Morgan fingerprint density at radius 2 is 2.30 bits per heavy atom. The van der Waals surface area contributed by atoms with Crippen LogP contribution < -0.4 is 0 Å². The van der Waals surface area contributed by atoms with Gasteiger partial charge >= 0.3 is 5.97 Å². The number of halogens is 3. The highest BCUT2D eigenvalue weighted by Gasteiger charge is 2.15. The molecule has 0 aliphatic rings. The Labute approximate surface area is 131 Å². The van der Waals surface area contributed by atoms with Gasteiger partial charge in [-0.25, -0.2) is 9.37 Å². The van der Waals surface area contributed by atoms with Crippen molar-refractivity contribution in [2.75, 3.05) is 5.75 Å². The number of carboxylic acid groups (broad SMARTS) is 1. The van der Waals surface area contributed by atoms with Gasteiger partial charge in [-0.2, -0.15) is 0 Å². The van der Waals surface area contributed by atoms with E-state index in [1.54, 1.807) is 10.6 Å². The minimum Gasteiger partial charge on any atom is -0.481 e. The van der Waals surface area contributed by atoms with Crippen LogP contribution in [-0.4, -0.2) is 26.4 Å². The number of aromatic nitrogens is 2. The summed E-state index contributed by atoms with van der Waals surface area (Å²) in [5.41, 5.74) is 1.10. The number of thioether (sulfide) groups is 1. The summed E-state index contributed by atoms with van der Waals surface area (Å²) in [6, 6.07) is 2.88. The lowest BCUT2D eigenvalue weighted by molar-refractivity contribution is -0.133. The monoisotopic (exact) mass is 378 g/mol. The smallest absolute Gasteiger partial charge is 0.313 e. The molecule has 0 atom stereocenters. The maximum absolute atomic E-state index is 13.6. The summed E-state index contributed by atoms with van der Waals surface area (Å²) in [5.74, 6) is -1.51. The van der Waals surface area contributed by atoms with E-state index in [4.69, 9.17) is 16.7 Å². The van der Waals surface area contributed by atoms with E-state index in [0.29, 0.717) is 25.7 Å². The van der Waals surface area contributed by atoms with Crippen LogP contribution in [-0.2, 0) is 11.3 Å². The van der Waals surface area contributed by atoms with Crippen molar-refractivity contribution >= 4 is 56.3 Å². The normalized spacial score (nSPS) is 10.9. The van der Waals surface area contributed by atoms with Gasteiger partial charge in [-0.15, -0.1) is 0 Å². The molecular weight excluding hydrogens is 371 g/mol. The molecule has 4 nitrogen and oxygen atoms in total. The van der Waals surface area contributed by atoms with Crippen molar-refractivity contribution in [3.05, 3.63) is 34.0 Å². The molecule has 0 saturated heterocycles. The zero-order valence-corrected chi connectivity index (χ0v) is 13.2. The van der Waals surface area contributed by atoms with E-state index in [0.717, 1.165) is 11.8 Å². The van der Waals surface area contributed by atoms with Crippen LogP contribution in [0.2, 0.25) is 0 Å². The number of allylic oxidation sites excluding steroid dienone is 1. The third-order valence-electron chi connectivity index (χ3n) is 2.41. The highest BCUT2D eigenvalue weighted by atomic mass is 79.9. The number of nitrogens with zero attached hydrogens (tertiary/aromatic N) is 2. The number of carbonyl (C=O) groups is 1. The molecule has 106 valence electrons. The fraction of sp³-hybridized carbons (Fsp3) is 0.167. The molecule has 0 amide bonds. The average Bonchev–Trinajstić information content (AvgIpc) is 2.65. The maximum atomic E-state index is 13.6. The van der Waals surface area contributed by atoms with E-state index in [9.17, 15) is 9.18 Å². The van der Waals surface area contributed by atoms with Crippen molar-refractivity contribution in [3.63, 3.8) is 0 Å². The summed E-state index contributed by atoms with van der Waals surface area (Å²) < 4.78 is 15.6. The molecule has 0 aliphatic carbocycles. The second-order valence-electron chi connectivity index (χ2n) is 3.94. The van der Waals surface area contributed by atoms with Crippen LogP contribution in [0.4, 0.5) is 4.39 Å². The van der Waals surface area contributed by atoms with Crippen LogP contribution in [0.1, 0.15) is 0 Å². The van der Waals surface area contributed by atoms with Crippen LogP contribution in [0.25, 0.3) is 11.0 Å². The second-order valence-corrected chi connectivity index (χ2v) is 6.27. The first-order valence-corrected chi connectivity index (χ1v) is 7.57. The summed E-state index contributed by atoms with van der Waals surface area (Å²) in [6.45, 7) is 3.84. The zero-order chi connectivity index (χ0) is 14.9. The minimum absolute atomic E-state index is 0.137. The Balaban J connectivity index is 2.54.